The van der Waals surface area contributed by atoms with Gasteiger partial charge < -0.3 is 11.1 Å². The van der Waals surface area contributed by atoms with Crippen molar-refractivity contribution < 1.29 is 13.6 Å². The molecule has 3 N–H and O–H groups in total. The molecule has 1 aromatic heterocycles. The average Bonchev–Trinajstić information content (AvgIpc) is 2.33. The van der Waals surface area contributed by atoms with Crippen LogP contribution in [0.5, 0.6) is 0 Å². The Morgan fingerprint density at radius 2 is 1.95 bits per heavy atom. The van der Waals surface area contributed by atoms with E-state index in [0.717, 1.165) is 12.1 Å². The number of halogens is 3. The van der Waals surface area contributed by atoms with Crippen molar-refractivity contribution in [3.63, 3.8) is 0 Å². The van der Waals surface area contributed by atoms with Crippen LogP contribution in [0.2, 0.25) is 5.15 Å². The lowest BCUT2D eigenvalue weighted by atomic mass is 10.1. The van der Waals surface area contributed by atoms with Crippen molar-refractivity contribution in [1.29, 1.82) is 0 Å². The van der Waals surface area contributed by atoms with Crippen LogP contribution in [0.4, 0.5) is 20.3 Å². The molecule has 0 aliphatic heterocycles. The third kappa shape index (κ3) is 2.97. The Morgan fingerprint density at radius 1 is 1.26 bits per heavy atom. The van der Waals surface area contributed by atoms with Crippen LogP contribution in [0.15, 0.2) is 30.3 Å². The molecule has 0 aliphatic rings. The summed E-state index contributed by atoms with van der Waals surface area (Å²) in [5.74, 6) is -2.79. The molecule has 0 spiro atoms. The molecule has 98 valence electrons. The van der Waals surface area contributed by atoms with Crippen molar-refractivity contribution in [3.8, 4) is 0 Å². The van der Waals surface area contributed by atoms with Gasteiger partial charge in [-0.3, -0.25) is 4.79 Å². The summed E-state index contributed by atoms with van der Waals surface area (Å²) >= 11 is 5.65. The molecule has 0 fully saturated rings. The number of carbonyl (C=O) groups excluding carboxylic acids is 1. The lowest BCUT2D eigenvalue weighted by molar-refractivity contribution is 0.102. The van der Waals surface area contributed by atoms with Crippen molar-refractivity contribution in [3.05, 3.63) is 52.7 Å². The Kier molecular flexibility index (Phi) is 3.62. The number of hydrogen-bond donors (Lipinski definition) is 2. The fourth-order valence-electron chi connectivity index (χ4n) is 1.42. The SMILES string of the molecule is Nc1cc(F)c(F)cc1C(=O)Nc1cccc(Cl)n1. The monoisotopic (exact) mass is 283 g/mol. The molecule has 1 aromatic carbocycles. The van der Waals surface area contributed by atoms with Gasteiger partial charge in [0.25, 0.3) is 5.91 Å². The second-order valence-electron chi connectivity index (χ2n) is 3.65. The normalized spacial score (nSPS) is 10.3. The summed E-state index contributed by atoms with van der Waals surface area (Å²) in [5, 5.41) is 2.57. The van der Waals surface area contributed by atoms with Crippen LogP contribution < -0.4 is 11.1 Å². The van der Waals surface area contributed by atoms with Crippen molar-refractivity contribution in [1.82, 2.24) is 4.98 Å². The standard InChI is InChI=1S/C12H8ClF2N3O/c13-10-2-1-3-11(17-10)18-12(19)6-4-7(14)8(15)5-9(6)16/h1-5H,16H2,(H,17,18,19). The van der Waals surface area contributed by atoms with Crippen LogP contribution in [0.3, 0.4) is 0 Å². The fraction of sp³-hybridized carbons (Fsp3) is 0. The topological polar surface area (TPSA) is 68.0 Å². The Hall–Kier alpha value is -2.21. The summed E-state index contributed by atoms with van der Waals surface area (Å²) in [4.78, 5) is 15.7. The summed E-state index contributed by atoms with van der Waals surface area (Å²) < 4.78 is 26.0. The number of nitrogen functional groups attached to an aromatic ring is 1. The second-order valence-corrected chi connectivity index (χ2v) is 4.04. The maximum Gasteiger partial charge on any atom is 0.259 e. The summed E-state index contributed by atoms with van der Waals surface area (Å²) in [7, 11) is 0. The van der Waals surface area contributed by atoms with Gasteiger partial charge in [-0.05, 0) is 18.2 Å². The Balaban J connectivity index is 2.28. The molecule has 2 rings (SSSR count). The maximum absolute atomic E-state index is 13.1. The van der Waals surface area contributed by atoms with Gasteiger partial charge in [0.05, 0.1) is 5.56 Å². The molecule has 4 nitrogen and oxygen atoms in total. The van der Waals surface area contributed by atoms with Crippen molar-refractivity contribution >= 4 is 29.0 Å². The van der Waals surface area contributed by atoms with E-state index < -0.39 is 17.5 Å². The van der Waals surface area contributed by atoms with Crippen LogP contribution in [-0.2, 0) is 0 Å². The number of nitrogens with zero attached hydrogens (tertiary/aromatic N) is 1. The second kappa shape index (κ2) is 5.19. The number of benzene rings is 1. The van der Waals surface area contributed by atoms with Crippen LogP contribution in [0.25, 0.3) is 0 Å². The molecule has 0 saturated heterocycles. The molecule has 0 bridgehead atoms. The first kappa shape index (κ1) is 13.2. The first-order valence-corrected chi connectivity index (χ1v) is 5.53. The van der Waals surface area contributed by atoms with Crippen LogP contribution in [0, 0.1) is 11.6 Å². The van der Waals surface area contributed by atoms with Crippen LogP contribution >= 0.6 is 11.6 Å². The lowest BCUT2D eigenvalue weighted by Gasteiger charge is -2.07. The molecule has 0 saturated carbocycles. The third-order valence-corrected chi connectivity index (χ3v) is 2.50. The van der Waals surface area contributed by atoms with E-state index in [1.54, 1.807) is 6.07 Å². The molecule has 0 unspecified atom stereocenters. The first-order chi connectivity index (χ1) is 8.97. The molecule has 0 aliphatic carbocycles. The molecule has 19 heavy (non-hydrogen) atoms. The van der Waals surface area contributed by atoms with Crippen LogP contribution in [0.1, 0.15) is 10.4 Å². The summed E-state index contributed by atoms with van der Waals surface area (Å²) in [6.45, 7) is 0. The highest BCUT2D eigenvalue weighted by molar-refractivity contribution is 6.29. The first-order valence-electron chi connectivity index (χ1n) is 5.16. The largest absolute Gasteiger partial charge is 0.398 e. The minimum absolute atomic E-state index is 0.168. The number of pyridine rings is 1. The Labute approximate surface area is 112 Å². The van der Waals surface area contributed by atoms with E-state index in [1.165, 1.54) is 12.1 Å². The zero-order valence-electron chi connectivity index (χ0n) is 9.45. The number of rotatable bonds is 2. The molecule has 2 aromatic rings. The highest BCUT2D eigenvalue weighted by Crippen LogP contribution is 2.18. The van der Waals surface area contributed by atoms with E-state index >= 15 is 0 Å². The van der Waals surface area contributed by atoms with Crippen molar-refractivity contribution in [2.75, 3.05) is 11.1 Å². The highest BCUT2D eigenvalue weighted by Gasteiger charge is 2.15. The Morgan fingerprint density at radius 3 is 2.63 bits per heavy atom. The molecule has 0 radical (unpaired) electrons. The van der Waals surface area contributed by atoms with Gasteiger partial charge in [-0.15, -0.1) is 0 Å². The van der Waals surface area contributed by atoms with Gasteiger partial charge >= 0.3 is 0 Å². The number of anilines is 2. The predicted octanol–water partition coefficient (Wildman–Crippen LogP) is 2.85. The quantitative estimate of drug-likeness (QED) is 0.658. The highest BCUT2D eigenvalue weighted by atomic mass is 35.5. The van der Waals surface area contributed by atoms with E-state index in [-0.39, 0.29) is 22.2 Å². The van der Waals surface area contributed by atoms with E-state index in [1.807, 2.05) is 0 Å². The lowest BCUT2D eigenvalue weighted by Crippen LogP contribution is -2.15. The van der Waals surface area contributed by atoms with Gasteiger partial charge in [-0.2, -0.15) is 0 Å². The fourth-order valence-corrected chi connectivity index (χ4v) is 1.58. The van der Waals surface area contributed by atoms with Gasteiger partial charge in [0, 0.05) is 11.8 Å². The van der Waals surface area contributed by atoms with E-state index in [2.05, 4.69) is 10.3 Å². The number of amides is 1. The van der Waals surface area contributed by atoms with Gasteiger partial charge in [0.15, 0.2) is 11.6 Å². The molecule has 0 atom stereocenters. The number of nitrogens with one attached hydrogen (secondary N) is 1. The Bertz CT molecular complexity index is 649. The molecular formula is C12H8ClF2N3O. The summed E-state index contributed by atoms with van der Waals surface area (Å²) in [6.07, 6.45) is 0. The van der Waals surface area contributed by atoms with Crippen LogP contribution in [-0.4, -0.2) is 10.9 Å². The van der Waals surface area contributed by atoms with Gasteiger partial charge in [-0.25, -0.2) is 13.8 Å². The number of aromatic nitrogens is 1. The molecular weight excluding hydrogens is 276 g/mol. The molecule has 1 amide bonds. The van der Waals surface area contributed by atoms with Crippen molar-refractivity contribution in [2.45, 2.75) is 0 Å². The van der Waals surface area contributed by atoms with Gasteiger partial charge in [0.1, 0.15) is 11.0 Å². The van der Waals surface area contributed by atoms with E-state index in [0.29, 0.717) is 0 Å². The van der Waals surface area contributed by atoms with E-state index in [4.69, 9.17) is 17.3 Å². The average molecular weight is 284 g/mol. The van der Waals surface area contributed by atoms with Gasteiger partial charge in [-0.1, -0.05) is 17.7 Å². The zero-order valence-corrected chi connectivity index (χ0v) is 10.2. The summed E-state index contributed by atoms with van der Waals surface area (Å²) in [5.41, 5.74) is 5.11. The van der Waals surface area contributed by atoms with Crippen molar-refractivity contribution in [2.24, 2.45) is 0 Å². The third-order valence-electron chi connectivity index (χ3n) is 2.29. The molecule has 1 heterocycles. The smallest absolute Gasteiger partial charge is 0.259 e. The number of carbonyl (C=O) groups is 1. The number of hydrogen-bond acceptors (Lipinski definition) is 3. The summed E-state index contributed by atoms with van der Waals surface area (Å²) in [6, 6.07) is 6.09. The minimum atomic E-state index is -1.15. The van der Waals surface area contributed by atoms with Gasteiger partial charge in [0.2, 0.25) is 0 Å². The molecule has 7 heteroatoms. The minimum Gasteiger partial charge on any atom is -0.398 e. The number of nitrogens with two attached hydrogens (primary N) is 1. The predicted molar refractivity (Wildman–Crippen MR) is 68.0 cm³/mol. The zero-order chi connectivity index (χ0) is 14.0. The van der Waals surface area contributed by atoms with E-state index in [9.17, 15) is 13.6 Å². The maximum atomic E-state index is 13.1.